The number of nitro benzene ring substituents is 1. The van der Waals surface area contributed by atoms with Crippen LogP contribution in [0.25, 0.3) is 0 Å². The Morgan fingerprint density at radius 3 is 2.75 bits per heavy atom. The van der Waals surface area contributed by atoms with Crippen molar-refractivity contribution in [1.29, 1.82) is 0 Å². The van der Waals surface area contributed by atoms with Crippen LogP contribution >= 0.6 is 27.7 Å². The fourth-order valence-electron chi connectivity index (χ4n) is 1.65. The van der Waals surface area contributed by atoms with Crippen LogP contribution in [0.2, 0.25) is 0 Å². The standard InChI is InChI=1S/C13H10BrFN2O2S/c14-13-8(2-1-3-12(13)17(18)19)7-20-11-5-9(15)4-10(16)6-11/h1-6H,7,16H2. The van der Waals surface area contributed by atoms with Crippen LogP contribution in [0.3, 0.4) is 0 Å². The molecule has 20 heavy (non-hydrogen) atoms. The van der Waals surface area contributed by atoms with Gasteiger partial charge in [-0.2, -0.15) is 0 Å². The van der Waals surface area contributed by atoms with Crippen LogP contribution in [0.4, 0.5) is 15.8 Å². The number of rotatable bonds is 4. The molecule has 0 radical (unpaired) electrons. The molecule has 0 aromatic heterocycles. The van der Waals surface area contributed by atoms with Crippen molar-refractivity contribution in [2.75, 3.05) is 5.73 Å². The first-order valence-corrected chi connectivity index (χ1v) is 7.36. The Bertz CT molecular complexity index is 647. The zero-order valence-electron chi connectivity index (χ0n) is 10.2. The smallest absolute Gasteiger partial charge is 0.283 e. The van der Waals surface area contributed by atoms with E-state index in [9.17, 15) is 14.5 Å². The van der Waals surface area contributed by atoms with Crippen molar-refractivity contribution in [1.82, 2.24) is 0 Å². The van der Waals surface area contributed by atoms with Crippen molar-refractivity contribution in [3.05, 3.63) is 62.4 Å². The second-order valence-electron chi connectivity index (χ2n) is 4.02. The highest BCUT2D eigenvalue weighted by molar-refractivity contribution is 9.10. The van der Waals surface area contributed by atoms with Gasteiger partial charge in [0.25, 0.3) is 5.69 Å². The van der Waals surface area contributed by atoms with E-state index in [1.54, 1.807) is 18.2 Å². The van der Waals surface area contributed by atoms with E-state index in [0.717, 1.165) is 5.56 Å². The fourth-order valence-corrected chi connectivity index (χ4v) is 3.36. The molecule has 0 fully saturated rings. The summed E-state index contributed by atoms with van der Waals surface area (Å²) in [5, 5.41) is 10.8. The Labute approximate surface area is 127 Å². The molecule has 0 saturated carbocycles. The molecule has 0 aliphatic heterocycles. The first-order chi connectivity index (χ1) is 9.47. The molecule has 0 heterocycles. The second kappa shape index (κ2) is 6.23. The highest BCUT2D eigenvalue weighted by atomic mass is 79.9. The molecule has 0 saturated heterocycles. The Balaban J connectivity index is 2.19. The van der Waals surface area contributed by atoms with Crippen LogP contribution in [-0.2, 0) is 5.75 Å². The van der Waals surface area contributed by atoms with Gasteiger partial charge in [-0.1, -0.05) is 12.1 Å². The molecule has 2 rings (SSSR count). The van der Waals surface area contributed by atoms with Crippen molar-refractivity contribution in [2.45, 2.75) is 10.6 Å². The Morgan fingerprint density at radius 1 is 1.35 bits per heavy atom. The molecule has 2 aromatic rings. The maximum atomic E-state index is 13.2. The maximum Gasteiger partial charge on any atom is 0.283 e. The highest BCUT2D eigenvalue weighted by Crippen LogP contribution is 2.33. The average molecular weight is 357 g/mol. The minimum absolute atomic E-state index is 0.0156. The number of thioether (sulfide) groups is 1. The molecular weight excluding hydrogens is 347 g/mol. The molecule has 0 atom stereocenters. The van der Waals surface area contributed by atoms with E-state index in [-0.39, 0.29) is 5.69 Å². The van der Waals surface area contributed by atoms with Crippen LogP contribution in [0.5, 0.6) is 0 Å². The zero-order valence-corrected chi connectivity index (χ0v) is 12.6. The lowest BCUT2D eigenvalue weighted by Crippen LogP contribution is -1.93. The van der Waals surface area contributed by atoms with Gasteiger partial charge in [0.1, 0.15) is 5.82 Å². The number of nitro groups is 1. The van der Waals surface area contributed by atoms with Gasteiger partial charge in [-0.3, -0.25) is 10.1 Å². The number of anilines is 1. The summed E-state index contributed by atoms with van der Waals surface area (Å²) in [7, 11) is 0. The zero-order chi connectivity index (χ0) is 14.7. The minimum atomic E-state index is -0.446. The van der Waals surface area contributed by atoms with Crippen LogP contribution in [0.15, 0.2) is 45.8 Å². The molecule has 0 spiro atoms. The molecule has 7 heteroatoms. The topological polar surface area (TPSA) is 69.2 Å². The van der Waals surface area contributed by atoms with Gasteiger partial charge in [-0.25, -0.2) is 4.39 Å². The molecule has 0 aliphatic rings. The van der Waals surface area contributed by atoms with Gasteiger partial charge in [0.05, 0.1) is 9.40 Å². The molecule has 0 bridgehead atoms. The van der Waals surface area contributed by atoms with Crippen LogP contribution < -0.4 is 5.73 Å². The normalized spacial score (nSPS) is 10.5. The highest BCUT2D eigenvalue weighted by Gasteiger charge is 2.14. The van der Waals surface area contributed by atoms with Crippen LogP contribution in [-0.4, -0.2) is 4.92 Å². The van der Waals surface area contributed by atoms with Gasteiger partial charge in [0.15, 0.2) is 0 Å². The largest absolute Gasteiger partial charge is 0.399 e. The number of benzene rings is 2. The predicted octanol–water partition coefficient (Wildman–Crippen LogP) is 4.37. The third-order valence-corrected chi connectivity index (χ3v) is 4.48. The molecule has 2 aromatic carbocycles. The number of hydrogen-bond donors (Lipinski definition) is 1. The third-order valence-electron chi connectivity index (χ3n) is 2.54. The Hall–Kier alpha value is -1.60. The van der Waals surface area contributed by atoms with E-state index < -0.39 is 10.7 Å². The van der Waals surface area contributed by atoms with Gasteiger partial charge in [-0.05, 0) is 39.7 Å². The lowest BCUT2D eigenvalue weighted by Gasteiger charge is -2.06. The molecule has 0 amide bonds. The summed E-state index contributed by atoms with van der Waals surface area (Å²) in [6.07, 6.45) is 0. The van der Waals surface area contributed by atoms with Crippen LogP contribution in [0, 0.1) is 15.9 Å². The summed E-state index contributed by atoms with van der Waals surface area (Å²) >= 11 is 4.59. The molecule has 2 N–H and O–H groups in total. The number of nitrogens with zero attached hydrogens (tertiary/aromatic N) is 1. The summed E-state index contributed by atoms with van der Waals surface area (Å²) in [4.78, 5) is 11.1. The summed E-state index contributed by atoms with van der Waals surface area (Å²) in [5.74, 6) is 0.0798. The number of nitrogen functional groups attached to an aromatic ring is 1. The molecular formula is C13H10BrFN2O2S. The SMILES string of the molecule is Nc1cc(F)cc(SCc2cccc([N+](=O)[O-])c2Br)c1. The lowest BCUT2D eigenvalue weighted by molar-refractivity contribution is -0.385. The fraction of sp³-hybridized carbons (Fsp3) is 0.0769. The van der Waals surface area contributed by atoms with Gasteiger partial charge >= 0.3 is 0 Å². The van der Waals surface area contributed by atoms with Crippen molar-refractivity contribution >= 4 is 39.1 Å². The van der Waals surface area contributed by atoms with Crippen LogP contribution in [0.1, 0.15) is 5.56 Å². The molecule has 0 unspecified atom stereocenters. The van der Waals surface area contributed by atoms with Gasteiger partial charge in [-0.15, -0.1) is 11.8 Å². The van der Waals surface area contributed by atoms with E-state index in [0.29, 0.717) is 20.8 Å². The molecule has 0 aliphatic carbocycles. The number of nitrogens with two attached hydrogens (primary N) is 1. The first kappa shape index (κ1) is 14.8. The Kier molecular flexibility index (Phi) is 4.61. The number of halogens is 2. The molecule has 4 nitrogen and oxygen atoms in total. The third kappa shape index (κ3) is 3.49. The lowest BCUT2D eigenvalue weighted by atomic mass is 10.2. The summed E-state index contributed by atoms with van der Waals surface area (Å²) in [6, 6.07) is 9.13. The first-order valence-electron chi connectivity index (χ1n) is 5.58. The van der Waals surface area contributed by atoms with E-state index in [1.165, 1.54) is 30.0 Å². The molecule has 104 valence electrons. The van der Waals surface area contributed by atoms with Crippen molar-refractivity contribution < 1.29 is 9.31 Å². The number of hydrogen-bond acceptors (Lipinski definition) is 4. The van der Waals surface area contributed by atoms with E-state index >= 15 is 0 Å². The van der Waals surface area contributed by atoms with E-state index in [4.69, 9.17) is 5.73 Å². The van der Waals surface area contributed by atoms with Gasteiger partial charge in [0, 0.05) is 22.4 Å². The summed E-state index contributed by atoms with van der Waals surface area (Å²) in [5.41, 5.74) is 6.71. The van der Waals surface area contributed by atoms with Crippen molar-refractivity contribution in [2.24, 2.45) is 0 Å². The minimum Gasteiger partial charge on any atom is -0.399 e. The monoisotopic (exact) mass is 356 g/mol. The second-order valence-corrected chi connectivity index (χ2v) is 5.86. The quantitative estimate of drug-likeness (QED) is 0.382. The van der Waals surface area contributed by atoms with E-state index in [1.807, 2.05) is 0 Å². The van der Waals surface area contributed by atoms with Gasteiger partial charge < -0.3 is 5.73 Å². The van der Waals surface area contributed by atoms with E-state index in [2.05, 4.69) is 15.9 Å². The predicted molar refractivity (Wildman–Crippen MR) is 81.2 cm³/mol. The van der Waals surface area contributed by atoms with Crippen molar-refractivity contribution in [3.63, 3.8) is 0 Å². The summed E-state index contributed by atoms with van der Waals surface area (Å²) < 4.78 is 13.7. The average Bonchev–Trinajstić information content (AvgIpc) is 2.36. The van der Waals surface area contributed by atoms with Crippen molar-refractivity contribution in [3.8, 4) is 0 Å². The van der Waals surface area contributed by atoms with Gasteiger partial charge in [0.2, 0.25) is 0 Å². The maximum absolute atomic E-state index is 13.2. The Morgan fingerprint density at radius 2 is 2.10 bits per heavy atom. The summed E-state index contributed by atoms with van der Waals surface area (Å²) in [6.45, 7) is 0.